The van der Waals surface area contributed by atoms with Gasteiger partial charge in [0, 0.05) is 25.2 Å². The Morgan fingerprint density at radius 3 is 2.57 bits per heavy atom. The van der Waals surface area contributed by atoms with E-state index >= 15 is 0 Å². The van der Waals surface area contributed by atoms with Crippen molar-refractivity contribution >= 4 is 11.7 Å². The van der Waals surface area contributed by atoms with Gasteiger partial charge in [0.15, 0.2) is 0 Å². The number of hydrogen-bond donors (Lipinski definition) is 1. The van der Waals surface area contributed by atoms with Gasteiger partial charge in [0.1, 0.15) is 17.3 Å². The predicted octanol–water partition coefficient (Wildman–Crippen LogP) is 2.39. The van der Waals surface area contributed by atoms with Crippen LogP contribution in [0.2, 0.25) is 0 Å². The maximum absolute atomic E-state index is 12.6. The second kappa shape index (κ2) is 7.73. The highest BCUT2D eigenvalue weighted by Gasteiger charge is 2.21. The van der Waals surface area contributed by atoms with E-state index in [0.29, 0.717) is 43.9 Å². The molecular formula is C17H26N4O2. The Morgan fingerprint density at radius 1 is 1.17 bits per heavy atom. The van der Waals surface area contributed by atoms with E-state index in [1.165, 1.54) is 38.5 Å². The molecule has 1 aromatic heterocycles. The summed E-state index contributed by atoms with van der Waals surface area (Å²) in [5.74, 6) is 1.39. The highest BCUT2D eigenvalue weighted by atomic mass is 16.5. The number of ether oxygens (including phenoxy) is 1. The summed E-state index contributed by atoms with van der Waals surface area (Å²) >= 11 is 0. The number of nitrogens with zero attached hydrogens (tertiary/aromatic N) is 3. The van der Waals surface area contributed by atoms with Crippen molar-refractivity contribution in [2.45, 2.75) is 51.5 Å². The molecule has 1 aliphatic heterocycles. The van der Waals surface area contributed by atoms with Crippen molar-refractivity contribution in [2.24, 2.45) is 0 Å². The summed E-state index contributed by atoms with van der Waals surface area (Å²) in [5, 5.41) is 3.51. The summed E-state index contributed by atoms with van der Waals surface area (Å²) in [6.45, 7) is 4.31. The van der Waals surface area contributed by atoms with Gasteiger partial charge in [-0.2, -0.15) is 0 Å². The van der Waals surface area contributed by atoms with E-state index in [1.807, 2.05) is 6.92 Å². The number of anilines is 1. The molecule has 0 spiro atoms. The molecule has 0 atom stereocenters. The maximum atomic E-state index is 12.6. The lowest BCUT2D eigenvalue weighted by molar-refractivity contribution is 0.0299. The Labute approximate surface area is 137 Å². The van der Waals surface area contributed by atoms with Gasteiger partial charge in [0.05, 0.1) is 13.2 Å². The van der Waals surface area contributed by atoms with Gasteiger partial charge in [-0.25, -0.2) is 9.97 Å². The van der Waals surface area contributed by atoms with Crippen molar-refractivity contribution in [1.29, 1.82) is 0 Å². The summed E-state index contributed by atoms with van der Waals surface area (Å²) in [7, 11) is 0. The van der Waals surface area contributed by atoms with Crippen molar-refractivity contribution in [3.05, 3.63) is 17.6 Å². The molecule has 2 aliphatic rings. The second-order valence-corrected chi connectivity index (χ2v) is 6.42. The third-order valence-electron chi connectivity index (χ3n) is 4.56. The summed E-state index contributed by atoms with van der Waals surface area (Å²) in [6.07, 6.45) is 7.53. The first-order chi connectivity index (χ1) is 11.2. The molecule has 1 saturated carbocycles. The van der Waals surface area contributed by atoms with E-state index in [1.54, 1.807) is 11.0 Å². The summed E-state index contributed by atoms with van der Waals surface area (Å²) in [6, 6.07) is 2.26. The third-order valence-corrected chi connectivity index (χ3v) is 4.56. The molecule has 6 nitrogen and oxygen atoms in total. The number of nitrogens with one attached hydrogen (secondary N) is 1. The zero-order chi connectivity index (χ0) is 16.1. The van der Waals surface area contributed by atoms with Gasteiger partial charge in [0.2, 0.25) is 0 Å². The van der Waals surface area contributed by atoms with Crippen LogP contribution in [-0.2, 0) is 4.74 Å². The number of hydrogen-bond acceptors (Lipinski definition) is 5. The van der Waals surface area contributed by atoms with E-state index in [-0.39, 0.29) is 5.91 Å². The molecule has 2 fully saturated rings. The molecule has 1 aromatic rings. The second-order valence-electron chi connectivity index (χ2n) is 6.42. The SMILES string of the molecule is Cc1nc(NC2CCCCCC2)cc(C(=O)N2CCOCC2)n1. The fraction of sp³-hybridized carbons (Fsp3) is 0.706. The molecule has 2 heterocycles. The van der Waals surface area contributed by atoms with E-state index in [0.717, 1.165) is 5.82 Å². The van der Waals surface area contributed by atoms with Gasteiger partial charge in [0.25, 0.3) is 5.91 Å². The first kappa shape index (κ1) is 16.2. The van der Waals surface area contributed by atoms with Crippen LogP contribution in [0.5, 0.6) is 0 Å². The van der Waals surface area contributed by atoms with Crippen LogP contribution < -0.4 is 5.32 Å². The minimum absolute atomic E-state index is 0.0253. The van der Waals surface area contributed by atoms with Crippen LogP contribution in [0.25, 0.3) is 0 Å². The molecule has 0 aromatic carbocycles. The molecule has 6 heteroatoms. The third kappa shape index (κ3) is 4.41. The fourth-order valence-corrected chi connectivity index (χ4v) is 3.31. The molecule has 3 rings (SSSR count). The number of aromatic nitrogens is 2. The quantitative estimate of drug-likeness (QED) is 0.867. The van der Waals surface area contributed by atoms with Gasteiger partial charge in [-0.1, -0.05) is 25.7 Å². The van der Waals surface area contributed by atoms with E-state index in [2.05, 4.69) is 15.3 Å². The Bertz CT molecular complexity index is 535. The van der Waals surface area contributed by atoms with Crippen LogP contribution in [-0.4, -0.2) is 53.1 Å². The zero-order valence-corrected chi connectivity index (χ0v) is 13.9. The number of carbonyl (C=O) groups excluding carboxylic acids is 1. The minimum Gasteiger partial charge on any atom is -0.378 e. The standard InChI is InChI=1S/C17H26N4O2/c1-13-18-15(17(22)21-8-10-23-11-9-21)12-16(19-13)20-14-6-4-2-3-5-7-14/h12,14H,2-11H2,1H3,(H,18,19,20). The average Bonchev–Trinajstić information content (AvgIpc) is 2.83. The number of carbonyl (C=O) groups is 1. The number of rotatable bonds is 3. The maximum Gasteiger partial charge on any atom is 0.272 e. The summed E-state index contributed by atoms with van der Waals surface area (Å²) in [5.41, 5.74) is 0.482. The van der Waals surface area contributed by atoms with Gasteiger partial charge < -0.3 is 15.0 Å². The van der Waals surface area contributed by atoms with Crippen LogP contribution >= 0.6 is 0 Å². The number of aryl methyl sites for hydroxylation is 1. The van der Waals surface area contributed by atoms with Crippen molar-refractivity contribution in [3.8, 4) is 0 Å². The first-order valence-corrected chi connectivity index (χ1v) is 8.71. The average molecular weight is 318 g/mol. The van der Waals surface area contributed by atoms with Crippen LogP contribution in [0, 0.1) is 6.92 Å². The molecule has 23 heavy (non-hydrogen) atoms. The molecule has 1 aliphatic carbocycles. The minimum atomic E-state index is -0.0253. The topological polar surface area (TPSA) is 67.4 Å². The first-order valence-electron chi connectivity index (χ1n) is 8.71. The van der Waals surface area contributed by atoms with Gasteiger partial charge in [-0.05, 0) is 19.8 Å². The highest BCUT2D eigenvalue weighted by Crippen LogP contribution is 2.21. The Kier molecular flexibility index (Phi) is 5.43. The smallest absolute Gasteiger partial charge is 0.272 e. The lowest BCUT2D eigenvalue weighted by Gasteiger charge is -2.26. The Balaban J connectivity index is 1.71. The van der Waals surface area contributed by atoms with Gasteiger partial charge in [-0.15, -0.1) is 0 Å². The van der Waals surface area contributed by atoms with Crippen molar-refractivity contribution < 1.29 is 9.53 Å². The van der Waals surface area contributed by atoms with Gasteiger partial charge in [-0.3, -0.25) is 4.79 Å². The number of morpholine rings is 1. The molecule has 1 saturated heterocycles. The fourth-order valence-electron chi connectivity index (χ4n) is 3.31. The molecule has 126 valence electrons. The molecule has 1 amide bonds. The summed E-state index contributed by atoms with van der Waals surface area (Å²) in [4.78, 5) is 23.2. The molecule has 0 radical (unpaired) electrons. The molecule has 1 N–H and O–H groups in total. The van der Waals surface area contributed by atoms with E-state index < -0.39 is 0 Å². The van der Waals surface area contributed by atoms with Crippen molar-refractivity contribution in [1.82, 2.24) is 14.9 Å². The molecule has 0 bridgehead atoms. The monoisotopic (exact) mass is 318 g/mol. The summed E-state index contributed by atoms with van der Waals surface area (Å²) < 4.78 is 5.31. The lowest BCUT2D eigenvalue weighted by atomic mass is 10.1. The van der Waals surface area contributed by atoms with Crippen molar-refractivity contribution in [3.63, 3.8) is 0 Å². The highest BCUT2D eigenvalue weighted by molar-refractivity contribution is 5.93. The Morgan fingerprint density at radius 2 is 1.87 bits per heavy atom. The Hall–Kier alpha value is -1.69. The largest absolute Gasteiger partial charge is 0.378 e. The normalized spacial score (nSPS) is 20.1. The molecular weight excluding hydrogens is 292 g/mol. The van der Waals surface area contributed by atoms with E-state index in [9.17, 15) is 4.79 Å². The number of amides is 1. The van der Waals surface area contributed by atoms with Crippen LogP contribution in [0.15, 0.2) is 6.07 Å². The zero-order valence-electron chi connectivity index (χ0n) is 13.9. The van der Waals surface area contributed by atoms with Crippen LogP contribution in [0.4, 0.5) is 5.82 Å². The lowest BCUT2D eigenvalue weighted by Crippen LogP contribution is -2.41. The predicted molar refractivity (Wildman–Crippen MR) is 88.6 cm³/mol. The molecule has 0 unspecified atom stereocenters. The van der Waals surface area contributed by atoms with Crippen LogP contribution in [0.3, 0.4) is 0 Å². The van der Waals surface area contributed by atoms with Crippen molar-refractivity contribution in [2.75, 3.05) is 31.6 Å². The van der Waals surface area contributed by atoms with Gasteiger partial charge >= 0.3 is 0 Å². The van der Waals surface area contributed by atoms with E-state index in [4.69, 9.17) is 4.74 Å². The van der Waals surface area contributed by atoms with Crippen LogP contribution in [0.1, 0.15) is 54.8 Å².